The molecule has 0 heterocycles. The van der Waals surface area contributed by atoms with Gasteiger partial charge in [-0.15, -0.1) is 0 Å². The zero-order valence-electron chi connectivity index (χ0n) is 11.9. The van der Waals surface area contributed by atoms with Gasteiger partial charge < -0.3 is 14.8 Å². The minimum atomic E-state index is 0.0421. The lowest BCUT2D eigenvalue weighted by molar-refractivity contribution is -0.123. The molecule has 3 heteroatoms. The molecule has 0 saturated heterocycles. The first-order valence-corrected chi connectivity index (χ1v) is 6.98. The van der Waals surface area contributed by atoms with Gasteiger partial charge in [0.2, 0.25) is 0 Å². The van der Waals surface area contributed by atoms with Crippen molar-refractivity contribution in [3.8, 4) is 0 Å². The predicted molar refractivity (Wildman–Crippen MR) is 71.4 cm³/mol. The lowest BCUT2D eigenvalue weighted by Crippen LogP contribution is -2.48. The van der Waals surface area contributed by atoms with Crippen LogP contribution in [0.25, 0.3) is 0 Å². The van der Waals surface area contributed by atoms with E-state index < -0.39 is 0 Å². The fourth-order valence-corrected chi connectivity index (χ4v) is 2.62. The van der Waals surface area contributed by atoms with Crippen molar-refractivity contribution in [2.45, 2.75) is 70.6 Å². The number of ether oxygens (including phenoxy) is 2. The second-order valence-corrected chi connectivity index (χ2v) is 5.66. The van der Waals surface area contributed by atoms with Crippen LogP contribution in [0, 0.1) is 0 Å². The highest BCUT2D eigenvalue weighted by molar-refractivity contribution is 4.88. The number of rotatable bonds is 7. The Balaban J connectivity index is 2.51. The van der Waals surface area contributed by atoms with Gasteiger partial charge in [0.05, 0.1) is 18.3 Å². The van der Waals surface area contributed by atoms with E-state index in [1.165, 1.54) is 32.1 Å². The van der Waals surface area contributed by atoms with E-state index in [4.69, 9.17) is 9.47 Å². The SMILES string of the molecule is COCC(C)OC1(CNC(C)C)CCCCC1. The Morgan fingerprint density at radius 2 is 1.76 bits per heavy atom. The topological polar surface area (TPSA) is 30.5 Å². The highest BCUT2D eigenvalue weighted by Gasteiger charge is 2.34. The third kappa shape index (κ3) is 5.36. The van der Waals surface area contributed by atoms with Gasteiger partial charge >= 0.3 is 0 Å². The molecule has 1 saturated carbocycles. The van der Waals surface area contributed by atoms with Crippen molar-refractivity contribution >= 4 is 0 Å². The van der Waals surface area contributed by atoms with Crippen LogP contribution in [0.3, 0.4) is 0 Å². The van der Waals surface area contributed by atoms with Crippen molar-refractivity contribution in [1.29, 1.82) is 0 Å². The summed E-state index contributed by atoms with van der Waals surface area (Å²) in [6.45, 7) is 8.14. The number of methoxy groups -OCH3 is 1. The molecule has 0 spiro atoms. The van der Waals surface area contributed by atoms with Crippen LogP contribution < -0.4 is 5.32 Å². The molecule has 1 aliphatic carbocycles. The van der Waals surface area contributed by atoms with Crippen molar-refractivity contribution in [1.82, 2.24) is 5.32 Å². The van der Waals surface area contributed by atoms with Gasteiger partial charge in [0.25, 0.3) is 0 Å². The van der Waals surface area contributed by atoms with Gasteiger partial charge in [-0.1, -0.05) is 33.1 Å². The molecule has 3 nitrogen and oxygen atoms in total. The fourth-order valence-electron chi connectivity index (χ4n) is 2.62. The maximum atomic E-state index is 6.28. The summed E-state index contributed by atoms with van der Waals surface area (Å²) in [5, 5.41) is 3.54. The Morgan fingerprint density at radius 1 is 1.12 bits per heavy atom. The summed E-state index contributed by atoms with van der Waals surface area (Å²) in [7, 11) is 1.74. The minimum Gasteiger partial charge on any atom is -0.382 e. The molecule has 1 N–H and O–H groups in total. The molecule has 0 aromatic carbocycles. The van der Waals surface area contributed by atoms with E-state index in [9.17, 15) is 0 Å². The standard InChI is InChI=1S/C14H29NO2/c1-12(2)15-11-14(8-6-5-7-9-14)17-13(3)10-16-4/h12-13,15H,5-11H2,1-4H3. The molecule has 0 aromatic rings. The Labute approximate surface area is 106 Å². The molecular formula is C14H29NO2. The van der Waals surface area contributed by atoms with Crippen LogP contribution in [-0.2, 0) is 9.47 Å². The van der Waals surface area contributed by atoms with Gasteiger partial charge in [0.1, 0.15) is 0 Å². The fraction of sp³-hybridized carbons (Fsp3) is 1.00. The summed E-state index contributed by atoms with van der Waals surface area (Å²) < 4.78 is 11.5. The summed E-state index contributed by atoms with van der Waals surface area (Å²) >= 11 is 0. The van der Waals surface area contributed by atoms with E-state index in [1.807, 2.05) is 0 Å². The smallest absolute Gasteiger partial charge is 0.0811 e. The molecule has 0 aliphatic heterocycles. The molecule has 1 atom stereocenters. The van der Waals surface area contributed by atoms with Gasteiger partial charge in [0.15, 0.2) is 0 Å². The average Bonchev–Trinajstić information content (AvgIpc) is 2.28. The highest BCUT2D eigenvalue weighted by atomic mass is 16.5. The van der Waals surface area contributed by atoms with Crippen molar-refractivity contribution in [3.63, 3.8) is 0 Å². The van der Waals surface area contributed by atoms with Gasteiger partial charge in [-0.25, -0.2) is 0 Å². The second kappa shape index (κ2) is 7.34. The van der Waals surface area contributed by atoms with Crippen LogP contribution >= 0.6 is 0 Å². The van der Waals surface area contributed by atoms with E-state index in [-0.39, 0.29) is 11.7 Å². The van der Waals surface area contributed by atoms with Gasteiger partial charge in [-0.05, 0) is 19.8 Å². The average molecular weight is 243 g/mol. The summed E-state index contributed by atoms with van der Waals surface area (Å²) in [5.41, 5.74) is 0.0421. The summed E-state index contributed by atoms with van der Waals surface area (Å²) in [4.78, 5) is 0. The molecule has 1 fully saturated rings. The van der Waals surface area contributed by atoms with E-state index in [1.54, 1.807) is 7.11 Å². The van der Waals surface area contributed by atoms with Gasteiger partial charge in [0, 0.05) is 19.7 Å². The predicted octanol–water partition coefficient (Wildman–Crippen LogP) is 2.74. The molecule has 0 amide bonds. The van der Waals surface area contributed by atoms with Crippen LogP contribution in [0.4, 0.5) is 0 Å². The summed E-state index contributed by atoms with van der Waals surface area (Å²) in [6.07, 6.45) is 6.48. The molecule has 1 unspecified atom stereocenters. The number of nitrogens with one attached hydrogen (secondary N) is 1. The highest BCUT2D eigenvalue weighted by Crippen LogP contribution is 2.32. The van der Waals surface area contributed by atoms with E-state index in [2.05, 4.69) is 26.1 Å². The van der Waals surface area contributed by atoms with Gasteiger partial charge in [-0.3, -0.25) is 0 Å². The first-order valence-electron chi connectivity index (χ1n) is 6.98. The molecule has 1 aliphatic rings. The lowest BCUT2D eigenvalue weighted by Gasteiger charge is -2.40. The molecule has 17 heavy (non-hydrogen) atoms. The lowest BCUT2D eigenvalue weighted by atomic mass is 9.84. The molecule has 102 valence electrons. The maximum absolute atomic E-state index is 6.28. The Morgan fingerprint density at radius 3 is 2.29 bits per heavy atom. The minimum absolute atomic E-state index is 0.0421. The quantitative estimate of drug-likeness (QED) is 0.746. The Kier molecular flexibility index (Phi) is 6.45. The largest absolute Gasteiger partial charge is 0.382 e. The van der Waals surface area contributed by atoms with Crippen LogP contribution in [0.1, 0.15) is 52.9 Å². The zero-order chi connectivity index (χ0) is 12.7. The molecule has 0 aromatic heterocycles. The van der Waals surface area contributed by atoms with E-state index in [0.29, 0.717) is 12.6 Å². The van der Waals surface area contributed by atoms with E-state index in [0.717, 1.165) is 6.54 Å². The monoisotopic (exact) mass is 243 g/mol. The maximum Gasteiger partial charge on any atom is 0.0811 e. The molecule has 0 radical (unpaired) electrons. The molecule has 0 bridgehead atoms. The summed E-state index contributed by atoms with van der Waals surface area (Å²) in [5.74, 6) is 0. The van der Waals surface area contributed by atoms with Crippen LogP contribution in [0.5, 0.6) is 0 Å². The third-order valence-electron chi connectivity index (χ3n) is 3.45. The van der Waals surface area contributed by atoms with Crippen LogP contribution in [0.2, 0.25) is 0 Å². The first kappa shape index (κ1) is 14.9. The normalized spacial score (nSPS) is 21.7. The van der Waals surface area contributed by atoms with Crippen LogP contribution in [0.15, 0.2) is 0 Å². The van der Waals surface area contributed by atoms with Crippen LogP contribution in [-0.4, -0.2) is 38.0 Å². The third-order valence-corrected chi connectivity index (χ3v) is 3.45. The Bertz CT molecular complexity index is 200. The second-order valence-electron chi connectivity index (χ2n) is 5.66. The number of hydrogen-bond acceptors (Lipinski definition) is 3. The van der Waals surface area contributed by atoms with E-state index >= 15 is 0 Å². The van der Waals surface area contributed by atoms with Crippen molar-refractivity contribution in [2.75, 3.05) is 20.3 Å². The molecule has 1 rings (SSSR count). The number of hydrogen-bond donors (Lipinski definition) is 1. The Hall–Kier alpha value is -0.120. The van der Waals surface area contributed by atoms with Crippen molar-refractivity contribution in [2.24, 2.45) is 0 Å². The van der Waals surface area contributed by atoms with Crippen molar-refractivity contribution in [3.05, 3.63) is 0 Å². The van der Waals surface area contributed by atoms with Crippen molar-refractivity contribution < 1.29 is 9.47 Å². The van der Waals surface area contributed by atoms with Gasteiger partial charge in [-0.2, -0.15) is 0 Å². The zero-order valence-corrected chi connectivity index (χ0v) is 11.9. The molecular weight excluding hydrogens is 214 g/mol. The summed E-state index contributed by atoms with van der Waals surface area (Å²) in [6, 6.07) is 0.523. The first-order chi connectivity index (χ1) is 8.08.